The van der Waals surface area contributed by atoms with Crippen molar-refractivity contribution in [3.63, 3.8) is 0 Å². The highest BCUT2D eigenvalue weighted by Crippen LogP contribution is 2.61. The van der Waals surface area contributed by atoms with Crippen molar-refractivity contribution in [2.75, 3.05) is 19.6 Å². The van der Waals surface area contributed by atoms with E-state index in [2.05, 4.69) is 6.58 Å². The lowest BCUT2D eigenvalue weighted by molar-refractivity contribution is -0.138. The molecule has 0 aromatic heterocycles. The van der Waals surface area contributed by atoms with Gasteiger partial charge in [0.2, 0.25) is 0 Å². The predicted octanol–water partition coefficient (Wildman–Crippen LogP) is 3.17. The van der Waals surface area contributed by atoms with Gasteiger partial charge < -0.3 is 5.11 Å². The van der Waals surface area contributed by atoms with Crippen LogP contribution in [0.4, 0.5) is 0 Å². The minimum Gasteiger partial charge on any atom is -0.480 e. The Balaban J connectivity index is 1.59. The summed E-state index contributed by atoms with van der Waals surface area (Å²) in [6.45, 7) is 5.51. The Morgan fingerprint density at radius 2 is 1.75 bits per heavy atom. The maximum Gasteiger partial charge on any atom is 0.317 e. The molecule has 3 heteroatoms. The van der Waals surface area contributed by atoms with Crippen LogP contribution >= 0.6 is 0 Å². The predicted molar refractivity (Wildman–Crippen MR) is 79.5 cm³/mol. The summed E-state index contributed by atoms with van der Waals surface area (Å²) in [5.74, 6) is 2.22. The third kappa shape index (κ3) is 2.93. The highest BCUT2D eigenvalue weighted by Gasteiger charge is 2.50. The monoisotopic (exact) mass is 277 g/mol. The second-order valence-corrected chi connectivity index (χ2v) is 7.59. The highest BCUT2D eigenvalue weighted by atomic mass is 16.4. The third-order valence-corrected chi connectivity index (χ3v) is 5.87. The fourth-order valence-corrected chi connectivity index (χ4v) is 5.60. The first-order valence-electron chi connectivity index (χ1n) is 8.13. The maximum atomic E-state index is 10.9. The van der Waals surface area contributed by atoms with E-state index in [1.54, 1.807) is 0 Å². The molecular weight excluding hydrogens is 250 g/mol. The molecule has 0 heterocycles. The number of carboxylic acids is 1. The van der Waals surface area contributed by atoms with E-state index < -0.39 is 5.97 Å². The van der Waals surface area contributed by atoms with Crippen molar-refractivity contribution in [1.29, 1.82) is 0 Å². The summed E-state index contributed by atoms with van der Waals surface area (Å²) in [4.78, 5) is 13.0. The van der Waals surface area contributed by atoms with Crippen LogP contribution in [0.25, 0.3) is 0 Å². The van der Waals surface area contributed by atoms with Crippen molar-refractivity contribution in [2.45, 2.75) is 44.9 Å². The first-order chi connectivity index (χ1) is 9.58. The molecule has 4 aliphatic rings. The van der Waals surface area contributed by atoms with Gasteiger partial charge in [0.1, 0.15) is 0 Å². The average molecular weight is 277 g/mol. The van der Waals surface area contributed by atoms with Crippen molar-refractivity contribution < 1.29 is 9.90 Å². The molecule has 0 saturated heterocycles. The standard InChI is InChI=1S/C17H27NO2/c1-2-4-18(12-16(19)20)5-3-17-9-13-6-14(10-17)8-15(7-13)11-17/h2,13-15H,1,3-12H2,(H,19,20). The molecule has 4 fully saturated rings. The molecule has 0 aliphatic heterocycles. The number of hydrogen-bond acceptors (Lipinski definition) is 2. The topological polar surface area (TPSA) is 40.5 Å². The Kier molecular flexibility index (Phi) is 3.89. The highest BCUT2D eigenvalue weighted by molar-refractivity contribution is 5.69. The second kappa shape index (κ2) is 5.51. The van der Waals surface area contributed by atoms with Crippen molar-refractivity contribution in [3.05, 3.63) is 12.7 Å². The SMILES string of the molecule is C=CCN(CCC12CC3CC(CC(C3)C1)C2)CC(=O)O. The van der Waals surface area contributed by atoms with Gasteiger partial charge in [-0.2, -0.15) is 0 Å². The fourth-order valence-electron chi connectivity index (χ4n) is 5.60. The molecule has 20 heavy (non-hydrogen) atoms. The van der Waals surface area contributed by atoms with E-state index >= 15 is 0 Å². The van der Waals surface area contributed by atoms with Crippen LogP contribution in [0.5, 0.6) is 0 Å². The first kappa shape index (κ1) is 14.1. The molecule has 0 radical (unpaired) electrons. The van der Waals surface area contributed by atoms with Gasteiger partial charge in [0, 0.05) is 6.54 Å². The number of aliphatic carboxylic acids is 1. The van der Waals surface area contributed by atoms with E-state index in [1.165, 1.54) is 44.9 Å². The van der Waals surface area contributed by atoms with Crippen molar-refractivity contribution in [1.82, 2.24) is 4.90 Å². The summed E-state index contributed by atoms with van der Waals surface area (Å²) in [6.07, 6.45) is 11.7. The van der Waals surface area contributed by atoms with Crippen LogP contribution in [-0.2, 0) is 4.79 Å². The zero-order chi connectivity index (χ0) is 14.2. The number of hydrogen-bond donors (Lipinski definition) is 1. The van der Waals surface area contributed by atoms with Gasteiger partial charge in [-0.15, -0.1) is 6.58 Å². The van der Waals surface area contributed by atoms with Gasteiger partial charge in [-0.05, 0) is 74.7 Å². The molecule has 0 spiro atoms. The van der Waals surface area contributed by atoms with E-state index in [9.17, 15) is 4.79 Å². The van der Waals surface area contributed by atoms with E-state index in [4.69, 9.17) is 5.11 Å². The summed E-state index contributed by atoms with van der Waals surface area (Å²) in [6, 6.07) is 0. The molecule has 4 bridgehead atoms. The minimum atomic E-state index is -0.725. The summed E-state index contributed by atoms with van der Waals surface area (Å²) in [5.41, 5.74) is 0.548. The van der Waals surface area contributed by atoms with Crippen molar-refractivity contribution >= 4 is 5.97 Å². The van der Waals surface area contributed by atoms with Gasteiger partial charge in [-0.1, -0.05) is 6.08 Å². The number of carboxylic acid groups (broad SMARTS) is 1. The molecule has 0 atom stereocenters. The lowest BCUT2D eigenvalue weighted by atomic mass is 9.49. The fraction of sp³-hybridized carbons (Fsp3) is 0.824. The maximum absolute atomic E-state index is 10.9. The Labute approximate surface area is 122 Å². The van der Waals surface area contributed by atoms with Crippen LogP contribution < -0.4 is 0 Å². The third-order valence-electron chi connectivity index (χ3n) is 5.87. The quantitative estimate of drug-likeness (QED) is 0.727. The lowest BCUT2D eigenvalue weighted by Gasteiger charge is -2.57. The van der Waals surface area contributed by atoms with Gasteiger partial charge in [0.15, 0.2) is 0 Å². The first-order valence-corrected chi connectivity index (χ1v) is 8.13. The summed E-state index contributed by atoms with van der Waals surface area (Å²) in [7, 11) is 0. The summed E-state index contributed by atoms with van der Waals surface area (Å²) in [5, 5.41) is 9.00. The number of carbonyl (C=O) groups is 1. The van der Waals surface area contributed by atoms with E-state index in [0.717, 1.165) is 24.3 Å². The smallest absolute Gasteiger partial charge is 0.317 e. The van der Waals surface area contributed by atoms with Crippen molar-refractivity contribution in [2.24, 2.45) is 23.2 Å². The molecule has 4 rings (SSSR count). The Hall–Kier alpha value is -0.830. The normalized spacial score (nSPS) is 38.4. The van der Waals surface area contributed by atoms with Crippen LogP contribution in [0.1, 0.15) is 44.9 Å². The zero-order valence-electron chi connectivity index (χ0n) is 12.4. The molecule has 1 N–H and O–H groups in total. The van der Waals surface area contributed by atoms with Crippen LogP contribution in [0, 0.1) is 23.2 Å². The minimum absolute atomic E-state index is 0.151. The van der Waals surface area contributed by atoms with Gasteiger partial charge in [0.25, 0.3) is 0 Å². The van der Waals surface area contributed by atoms with Gasteiger partial charge in [0.05, 0.1) is 6.54 Å². The summed E-state index contributed by atoms with van der Waals surface area (Å²) >= 11 is 0. The molecule has 3 nitrogen and oxygen atoms in total. The Morgan fingerprint density at radius 3 is 2.20 bits per heavy atom. The van der Waals surface area contributed by atoms with Crippen LogP contribution in [0.3, 0.4) is 0 Å². The molecule has 4 aliphatic carbocycles. The summed E-state index contributed by atoms with van der Waals surface area (Å²) < 4.78 is 0. The zero-order valence-corrected chi connectivity index (χ0v) is 12.4. The Bertz CT molecular complexity index is 355. The molecular formula is C17H27NO2. The number of nitrogens with zero attached hydrogens (tertiary/aromatic N) is 1. The van der Waals surface area contributed by atoms with Crippen LogP contribution in [0.15, 0.2) is 12.7 Å². The molecule has 0 unspecified atom stereocenters. The largest absolute Gasteiger partial charge is 0.480 e. The van der Waals surface area contributed by atoms with E-state index in [0.29, 0.717) is 12.0 Å². The van der Waals surface area contributed by atoms with Crippen molar-refractivity contribution in [3.8, 4) is 0 Å². The molecule has 0 aromatic carbocycles. The lowest BCUT2D eigenvalue weighted by Crippen LogP contribution is -2.47. The molecule has 0 amide bonds. The van der Waals surface area contributed by atoms with Gasteiger partial charge in [-0.3, -0.25) is 9.69 Å². The van der Waals surface area contributed by atoms with E-state index in [1.807, 2.05) is 11.0 Å². The van der Waals surface area contributed by atoms with Crippen LogP contribution in [0.2, 0.25) is 0 Å². The second-order valence-electron chi connectivity index (χ2n) is 7.59. The average Bonchev–Trinajstić information content (AvgIpc) is 2.34. The van der Waals surface area contributed by atoms with E-state index in [-0.39, 0.29) is 6.54 Å². The Morgan fingerprint density at radius 1 is 1.20 bits per heavy atom. The van der Waals surface area contributed by atoms with Crippen LogP contribution in [-0.4, -0.2) is 35.6 Å². The molecule has 112 valence electrons. The molecule has 4 saturated carbocycles. The molecule has 0 aromatic rings. The number of rotatable bonds is 7. The van der Waals surface area contributed by atoms with Gasteiger partial charge >= 0.3 is 5.97 Å². The van der Waals surface area contributed by atoms with Gasteiger partial charge in [-0.25, -0.2) is 0 Å².